The molecule has 0 atom stereocenters. The predicted molar refractivity (Wildman–Crippen MR) is 146 cm³/mol. The molecule has 1 aliphatic rings. The Labute approximate surface area is 232 Å². The third-order valence-electron chi connectivity index (χ3n) is 6.25. The van der Waals surface area contributed by atoms with Gasteiger partial charge in [-0.25, -0.2) is 17.9 Å². The van der Waals surface area contributed by atoms with Gasteiger partial charge in [0.15, 0.2) is 5.69 Å². The highest BCUT2D eigenvalue weighted by atomic mass is 32.2. The van der Waals surface area contributed by atoms with E-state index >= 15 is 0 Å². The van der Waals surface area contributed by atoms with Gasteiger partial charge in [-0.2, -0.15) is 9.40 Å². The van der Waals surface area contributed by atoms with Crippen LogP contribution in [0, 0.1) is 6.92 Å². The first-order chi connectivity index (χ1) is 18.8. The molecule has 0 saturated carbocycles. The molecule has 4 rings (SSSR count). The summed E-state index contributed by atoms with van der Waals surface area (Å²) in [5.41, 5.74) is -0.0552. The molecule has 2 aromatic carbocycles. The second-order valence-corrected chi connectivity index (χ2v) is 12.0. The topological polar surface area (TPSA) is 149 Å². The van der Waals surface area contributed by atoms with E-state index in [0.29, 0.717) is 11.3 Å². The summed E-state index contributed by atoms with van der Waals surface area (Å²) >= 11 is 0. The highest BCUT2D eigenvalue weighted by molar-refractivity contribution is 7.89. The molecule has 0 radical (unpaired) electrons. The van der Waals surface area contributed by atoms with Gasteiger partial charge >= 0.3 is 5.97 Å². The lowest BCUT2D eigenvalue weighted by Gasteiger charge is -2.27. The van der Waals surface area contributed by atoms with Crippen molar-refractivity contribution in [3.8, 4) is 17.4 Å². The van der Waals surface area contributed by atoms with Crippen molar-refractivity contribution in [3.63, 3.8) is 0 Å². The lowest BCUT2D eigenvalue weighted by Crippen LogP contribution is -2.40. The highest BCUT2D eigenvalue weighted by Crippen LogP contribution is 2.37. The number of rotatable bonds is 8. The Morgan fingerprint density at radius 1 is 1.07 bits per heavy atom. The maximum atomic E-state index is 13.8. The smallest absolute Gasteiger partial charge is 0.356 e. The van der Waals surface area contributed by atoms with Crippen LogP contribution in [-0.2, 0) is 20.3 Å². The number of carbonyl (C=O) groups excluding carboxylic acids is 1. The number of sulfonamides is 1. The summed E-state index contributed by atoms with van der Waals surface area (Å²) in [5, 5.41) is 16.6. The van der Waals surface area contributed by atoms with Crippen molar-refractivity contribution in [1.82, 2.24) is 14.1 Å². The molecule has 2 heterocycles. The normalized spacial score (nSPS) is 14.5. The summed E-state index contributed by atoms with van der Waals surface area (Å²) in [4.78, 5) is 24.5. The van der Waals surface area contributed by atoms with Crippen LogP contribution in [0.3, 0.4) is 0 Å². The van der Waals surface area contributed by atoms with Crippen molar-refractivity contribution in [2.24, 2.45) is 0 Å². The van der Waals surface area contributed by atoms with Gasteiger partial charge in [-0.1, -0.05) is 0 Å². The van der Waals surface area contributed by atoms with Crippen molar-refractivity contribution < 1.29 is 37.3 Å². The maximum Gasteiger partial charge on any atom is 0.356 e. The molecule has 0 aliphatic carbocycles. The van der Waals surface area contributed by atoms with E-state index in [2.05, 4.69) is 10.4 Å². The number of aromatic nitrogens is 2. The molecule has 214 valence electrons. The van der Waals surface area contributed by atoms with Crippen molar-refractivity contribution in [1.29, 1.82) is 0 Å². The zero-order valence-electron chi connectivity index (χ0n) is 22.9. The zero-order valence-corrected chi connectivity index (χ0v) is 23.7. The number of nitrogens with zero attached hydrogens (tertiary/aromatic N) is 3. The lowest BCUT2D eigenvalue weighted by atomic mass is 10.1. The molecule has 2 N–H and O–H groups in total. The minimum Gasteiger partial charge on any atom is -0.497 e. The summed E-state index contributed by atoms with van der Waals surface area (Å²) in [6.07, 6.45) is 0. The van der Waals surface area contributed by atoms with E-state index < -0.39 is 27.4 Å². The first kappa shape index (κ1) is 29.1. The van der Waals surface area contributed by atoms with E-state index in [1.165, 1.54) is 34.3 Å². The number of nitrogens with one attached hydrogen (secondary N) is 1. The van der Waals surface area contributed by atoms with Gasteiger partial charge in [0, 0.05) is 29.9 Å². The van der Waals surface area contributed by atoms with Crippen molar-refractivity contribution in [3.05, 3.63) is 59.3 Å². The molecule has 0 bridgehead atoms. The summed E-state index contributed by atoms with van der Waals surface area (Å²) in [6.45, 7) is 7.78. The van der Waals surface area contributed by atoms with Crippen LogP contribution in [-0.4, -0.2) is 72.9 Å². The molecule has 12 nitrogen and oxygen atoms in total. The quantitative estimate of drug-likeness (QED) is 0.412. The Bertz CT molecular complexity index is 1520. The molecular formula is C27H32N4O8S. The number of amides is 1. The summed E-state index contributed by atoms with van der Waals surface area (Å²) < 4.78 is 46.9. The minimum absolute atomic E-state index is 0.0422. The number of carboxylic acids is 1. The number of methoxy groups -OCH3 is 1. The van der Waals surface area contributed by atoms with Crippen LogP contribution in [0.2, 0.25) is 0 Å². The fourth-order valence-electron chi connectivity index (χ4n) is 4.11. The van der Waals surface area contributed by atoms with E-state index in [4.69, 9.17) is 14.2 Å². The molecule has 1 saturated heterocycles. The molecule has 0 spiro atoms. The van der Waals surface area contributed by atoms with Crippen molar-refractivity contribution in [2.75, 3.05) is 38.7 Å². The Morgan fingerprint density at radius 2 is 1.73 bits per heavy atom. The van der Waals surface area contributed by atoms with Crippen LogP contribution < -0.4 is 14.8 Å². The number of anilines is 1. The van der Waals surface area contributed by atoms with Gasteiger partial charge in [-0.05, 0) is 70.2 Å². The molecule has 1 fully saturated rings. The standard InChI is InChI=1S/C27H32N4O8S/c1-17-23(26(33)34)29-31(27(2,3)4)25(17)39-21-11-8-19(28-24(32)18-6-9-20(37-5)10-7-18)16-22(21)40(35,36)30-12-14-38-15-13-30/h6-11,16H,12-15H2,1-5H3,(H,28,32)(H,33,34). The largest absolute Gasteiger partial charge is 0.497 e. The predicted octanol–water partition coefficient (Wildman–Crippen LogP) is 3.72. The van der Waals surface area contributed by atoms with Crippen LogP contribution in [0.25, 0.3) is 0 Å². The third kappa shape index (κ3) is 5.96. The molecule has 13 heteroatoms. The molecule has 1 aromatic heterocycles. The Kier molecular flexibility index (Phi) is 8.19. The SMILES string of the molecule is COc1ccc(C(=O)Nc2ccc(Oc3c(C)c(C(=O)O)nn3C(C)(C)C)c(S(=O)(=O)N3CCOCC3)c2)cc1. The van der Waals surface area contributed by atoms with Crippen LogP contribution in [0.15, 0.2) is 47.4 Å². The average Bonchev–Trinajstić information content (AvgIpc) is 3.26. The molecule has 40 heavy (non-hydrogen) atoms. The van der Waals surface area contributed by atoms with Crippen molar-refractivity contribution in [2.45, 2.75) is 38.1 Å². The number of carbonyl (C=O) groups is 2. The second-order valence-electron chi connectivity index (χ2n) is 10.1. The summed E-state index contributed by atoms with van der Waals surface area (Å²) in [5.74, 6) is -1.03. The minimum atomic E-state index is -4.10. The maximum absolute atomic E-state index is 13.8. The number of carboxylic acid groups (broad SMARTS) is 1. The van der Waals surface area contributed by atoms with Crippen LogP contribution in [0.5, 0.6) is 17.4 Å². The number of hydrogen-bond donors (Lipinski definition) is 2. The number of hydrogen-bond acceptors (Lipinski definition) is 8. The highest BCUT2D eigenvalue weighted by Gasteiger charge is 2.33. The Balaban J connectivity index is 1.78. The monoisotopic (exact) mass is 572 g/mol. The van der Waals surface area contributed by atoms with E-state index in [0.717, 1.165) is 0 Å². The van der Waals surface area contributed by atoms with E-state index in [-0.39, 0.29) is 59.8 Å². The molecule has 1 amide bonds. The van der Waals surface area contributed by atoms with E-state index in [1.54, 1.807) is 31.2 Å². The summed E-state index contributed by atoms with van der Waals surface area (Å²) in [7, 11) is -2.58. The zero-order chi connectivity index (χ0) is 29.2. The van der Waals surface area contributed by atoms with E-state index in [9.17, 15) is 23.1 Å². The van der Waals surface area contributed by atoms with Gasteiger partial charge in [0.25, 0.3) is 5.91 Å². The number of aromatic carboxylic acids is 1. The van der Waals surface area contributed by atoms with Gasteiger partial charge in [-0.15, -0.1) is 0 Å². The first-order valence-corrected chi connectivity index (χ1v) is 14.0. The molecule has 1 aliphatic heterocycles. The van der Waals surface area contributed by atoms with Gasteiger partial charge in [0.2, 0.25) is 15.9 Å². The van der Waals surface area contributed by atoms with Crippen LogP contribution >= 0.6 is 0 Å². The third-order valence-corrected chi connectivity index (χ3v) is 8.17. The van der Waals surface area contributed by atoms with Gasteiger partial charge in [0.05, 0.1) is 25.9 Å². The Morgan fingerprint density at radius 3 is 2.30 bits per heavy atom. The van der Waals surface area contributed by atoms with Crippen LogP contribution in [0.4, 0.5) is 5.69 Å². The number of ether oxygens (including phenoxy) is 3. The molecule has 0 unspecified atom stereocenters. The number of morpholine rings is 1. The van der Waals surface area contributed by atoms with Crippen LogP contribution in [0.1, 0.15) is 47.2 Å². The lowest BCUT2D eigenvalue weighted by molar-refractivity contribution is 0.0687. The number of benzene rings is 2. The average molecular weight is 573 g/mol. The van der Waals surface area contributed by atoms with Gasteiger partial charge in [0.1, 0.15) is 16.4 Å². The van der Waals surface area contributed by atoms with Gasteiger partial charge in [-0.3, -0.25) is 4.79 Å². The summed E-state index contributed by atoms with van der Waals surface area (Å²) in [6, 6.07) is 10.7. The molecular weight excluding hydrogens is 540 g/mol. The fraction of sp³-hybridized carbons (Fsp3) is 0.370. The van der Waals surface area contributed by atoms with E-state index in [1.807, 2.05) is 20.8 Å². The fourth-order valence-corrected chi connectivity index (χ4v) is 5.65. The van der Waals surface area contributed by atoms with Gasteiger partial charge < -0.3 is 24.6 Å². The van der Waals surface area contributed by atoms with Crippen molar-refractivity contribution >= 4 is 27.6 Å². The molecule has 3 aromatic rings. The first-order valence-electron chi connectivity index (χ1n) is 12.5. The second kappa shape index (κ2) is 11.3. The Hall–Kier alpha value is -3.94.